The van der Waals surface area contributed by atoms with Crippen molar-refractivity contribution >= 4 is 0 Å². The molecule has 0 aliphatic carbocycles. The van der Waals surface area contributed by atoms with Gasteiger partial charge in [-0.05, 0) is 28.8 Å². The molecule has 31 heavy (non-hydrogen) atoms. The Labute approximate surface area is 177 Å². The van der Waals surface area contributed by atoms with Crippen LogP contribution in [0.4, 0.5) is 8.78 Å². The van der Waals surface area contributed by atoms with Crippen LogP contribution < -0.4 is 9.47 Å². The second-order valence-corrected chi connectivity index (χ2v) is 9.15. The van der Waals surface area contributed by atoms with Gasteiger partial charge in [-0.25, -0.2) is 8.78 Å². The molecule has 7 rings (SSSR count). The van der Waals surface area contributed by atoms with E-state index in [1.165, 1.54) is 0 Å². The van der Waals surface area contributed by atoms with Crippen LogP contribution in [0.5, 0.6) is 11.8 Å². The molecule has 3 atom stereocenters. The molecule has 3 aromatic rings. The molecule has 0 saturated carbocycles. The van der Waals surface area contributed by atoms with E-state index in [-0.39, 0.29) is 12.5 Å². The highest BCUT2D eigenvalue weighted by Crippen LogP contribution is 2.56. The van der Waals surface area contributed by atoms with E-state index in [0.29, 0.717) is 37.8 Å². The van der Waals surface area contributed by atoms with Crippen molar-refractivity contribution in [2.75, 3.05) is 6.54 Å². The Morgan fingerprint density at radius 3 is 2.81 bits per heavy atom. The van der Waals surface area contributed by atoms with Gasteiger partial charge in [-0.1, -0.05) is 12.1 Å². The number of H-pyrrole nitrogens is 1. The summed E-state index contributed by atoms with van der Waals surface area (Å²) in [6.07, 6.45) is 4.59. The fourth-order valence-corrected chi connectivity index (χ4v) is 5.93. The van der Waals surface area contributed by atoms with E-state index in [1.54, 1.807) is 6.20 Å². The topological polar surface area (TPSA) is 63.3 Å². The van der Waals surface area contributed by atoms with Gasteiger partial charge in [0.1, 0.15) is 12.2 Å². The Kier molecular flexibility index (Phi) is 3.32. The molecule has 1 aromatic carbocycles. The van der Waals surface area contributed by atoms with Gasteiger partial charge in [0, 0.05) is 55.2 Å². The molecule has 8 heteroatoms. The lowest BCUT2D eigenvalue weighted by atomic mass is 9.94. The van der Waals surface area contributed by atoms with Gasteiger partial charge in [0.2, 0.25) is 11.8 Å². The van der Waals surface area contributed by atoms with Crippen LogP contribution in [0.25, 0.3) is 22.3 Å². The number of aromatic amines is 1. The maximum absolute atomic E-state index is 14.2. The van der Waals surface area contributed by atoms with Crippen molar-refractivity contribution in [1.82, 2.24) is 20.1 Å². The van der Waals surface area contributed by atoms with Crippen LogP contribution in [0.15, 0.2) is 42.7 Å². The lowest BCUT2D eigenvalue weighted by molar-refractivity contribution is -0.0289. The van der Waals surface area contributed by atoms with Crippen molar-refractivity contribution in [3.63, 3.8) is 0 Å². The number of halogens is 2. The largest absolute Gasteiger partial charge is 0.472 e. The Balaban J connectivity index is 1.18. The predicted octanol–water partition coefficient (Wildman–Crippen LogP) is 4.03. The van der Waals surface area contributed by atoms with Gasteiger partial charge in [-0.2, -0.15) is 10.1 Å². The van der Waals surface area contributed by atoms with Crippen LogP contribution >= 0.6 is 0 Å². The average Bonchev–Trinajstić information content (AvgIpc) is 3.50. The molecular weight excluding hydrogens is 402 g/mol. The third-order valence-corrected chi connectivity index (χ3v) is 7.26. The third-order valence-electron chi connectivity index (χ3n) is 7.26. The quantitative estimate of drug-likeness (QED) is 0.691. The number of nitrogens with zero attached hydrogens (tertiary/aromatic N) is 3. The van der Waals surface area contributed by atoms with Crippen molar-refractivity contribution in [3.8, 4) is 34.0 Å². The first-order valence-electron chi connectivity index (χ1n) is 10.6. The van der Waals surface area contributed by atoms with Crippen molar-refractivity contribution in [1.29, 1.82) is 0 Å². The standard InChI is InChI=1S/C23H20F2N4O2/c24-23(25)7-16-6-22(8-19(23)29(16)12-22)31-20-4-3-18-17-2-1-13(15-9-26-27-10-15)5-14(17)11-30-21(18)28-20/h1-5,9-10,16,19H,6-8,11-12H2,(H,26,27). The molecule has 3 saturated heterocycles. The monoisotopic (exact) mass is 422 g/mol. The molecule has 158 valence electrons. The highest BCUT2D eigenvalue weighted by atomic mass is 19.3. The first kappa shape index (κ1) is 17.7. The Morgan fingerprint density at radius 2 is 2.00 bits per heavy atom. The summed E-state index contributed by atoms with van der Waals surface area (Å²) < 4.78 is 40.7. The third kappa shape index (κ3) is 2.51. The van der Waals surface area contributed by atoms with Gasteiger partial charge in [0.05, 0.1) is 12.2 Å². The summed E-state index contributed by atoms with van der Waals surface area (Å²) in [7, 11) is 0. The first-order valence-corrected chi connectivity index (χ1v) is 10.6. The predicted molar refractivity (Wildman–Crippen MR) is 108 cm³/mol. The molecule has 2 aromatic heterocycles. The van der Waals surface area contributed by atoms with E-state index in [9.17, 15) is 8.78 Å². The van der Waals surface area contributed by atoms with Crippen molar-refractivity contribution in [2.24, 2.45) is 0 Å². The van der Waals surface area contributed by atoms with Crippen LogP contribution in [0, 0.1) is 0 Å². The average molecular weight is 422 g/mol. The lowest BCUT2D eigenvalue weighted by Crippen LogP contribution is -2.40. The van der Waals surface area contributed by atoms with E-state index in [2.05, 4.69) is 33.4 Å². The maximum Gasteiger partial charge on any atom is 0.264 e. The molecule has 0 amide bonds. The summed E-state index contributed by atoms with van der Waals surface area (Å²) in [5, 5.41) is 6.84. The van der Waals surface area contributed by atoms with Crippen LogP contribution in [-0.4, -0.2) is 50.2 Å². The van der Waals surface area contributed by atoms with Crippen molar-refractivity contribution in [2.45, 2.75) is 49.5 Å². The molecule has 2 bridgehead atoms. The molecule has 4 aliphatic rings. The Hall–Kier alpha value is -3.00. The maximum atomic E-state index is 14.2. The molecule has 1 N–H and O–H groups in total. The number of aromatic nitrogens is 3. The van der Waals surface area contributed by atoms with Crippen molar-refractivity contribution < 1.29 is 18.3 Å². The molecule has 3 unspecified atom stereocenters. The summed E-state index contributed by atoms with van der Waals surface area (Å²) in [4.78, 5) is 6.53. The van der Waals surface area contributed by atoms with Gasteiger partial charge in [0.15, 0.2) is 0 Å². The minimum atomic E-state index is -2.61. The van der Waals surface area contributed by atoms with Crippen LogP contribution in [0.2, 0.25) is 0 Å². The number of benzene rings is 1. The molecular formula is C23H20F2N4O2. The van der Waals surface area contributed by atoms with E-state index in [4.69, 9.17) is 9.47 Å². The fourth-order valence-electron chi connectivity index (χ4n) is 5.93. The van der Waals surface area contributed by atoms with Crippen LogP contribution in [0.1, 0.15) is 24.8 Å². The number of rotatable bonds is 3. The smallest absolute Gasteiger partial charge is 0.264 e. The van der Waals surface area contributed by atoms with Crippen LogP contribution in [0.3, 0.4) is 0 Å². The molecule has 4 aliphatic heterocycles. The normalized spacial score (nSPS) is 29.5. The number of alkyl halides is 2. The van der Waals surface area contributed by atoms with E-state index >= 15 is 0 Å². The number of piperidine rings is 1. The highest BCUT2D eigenvalue weighted by Gasteiger charge is 2.68. The molecule has 6 heterocycles. The molecule has 0 radical (unpaired) electrons. The summed E-state index contributed by atoms with van der Waals surface area (Å²) in [6, 6.07) is 9.24. The van der Waals surface area contributed by atoms with Crippen LogP contribution in [-0.2, 0) is 6.61 Å². The molecule has 3 fully saturated rings. The summed E-state index contributed by atoms with van der Waals surface area (Å²) in [5.74, 6) is -1.64. The van der Waals surface area contributed by atoms with E-state index in [0.717, 1.165) is 27.8 Å². The number of pyridine rings is 1. The highest BCUT2D eigenvalue weighted by molar-refractivity contribution is 5.77. The SMILES string of the molecule is FC1(F)CC2CC3(Oc4ccc5c(n4)OCc4cc(-c6cn[nH]c6)ccc4-5)CC1N2C3. The zero-order chi connectivity index (χ0) is 20.8. The van der Waals surface area contributed by atoms with Crippen molar-refractivity contribution in [3.05, 3.63) is 48.3 Å². The number of hydrogen-bond donors (Lipinski definition) is 1. The van der Waals surface area contributed by atoms with Gasteiger partial charge >= 0.3 is 0 Å². The zero-order valence-electron chi connectivity index (χ0n) is 16.6. The van der Waals surface area contributed by atoms with E-state index < -0.39 is 17.6 Å². The fraction of sp³-hybridized carbons (Fsp3) is 0.391. The first-order chi connectivity index (χ1) is 15.0. The number of nitrogens with one attached hydrogen (secondary N) is 1. The second-order valence-electron chi connectivity index (χ2n) is 9.15. The zero-order valence-corrected chi connectivity index (χ0v) is 16.6. The minimum absolute atomic E-state index is 0.0545. The molecule has 0 spiro atoms. The Morgan fingerprint density at radius 1 is 1.10 bits per heavy atom. The number of hydrogen-bond acceptors (Lipinski definition) is 5. The summed E-state index contributed by atoms with van der Waals surface area (Å²) in [6.45, 7) is 0.969. The Bertz CT molecular complexity index is 1190. The lowest BCUT2D eigenvalue weighted by Gasteiger charge is -2.30. The minimum Gasteiger partial charge on any atom is -0.472 e. The van der Waals surface area contributed by atoms with Gasteiger partial charge in [-0.3, -0.25) is 10.00 Å². The number of fused-ring (bicyclic) bond motifs is 4. The molecule has 6 nitrogen and oxygen atoms in total. The number of ether oxygens (including phenoxy) is 2. The van der Waals surface area contributed by atoms with Gasteiger partial charge in [-0.15, -0.1) is 0 Å². The summed E-state index contributed by atoms with van der Waals surface area (Å²) >= 11 is 0. The second kappa shape index (κ2) is 5.82. The van der Waals surface area contributed by atoms with E-state index in [1.807, 2.05) is 23.2 Å². The van der Waals surface area contributed by atoms with Gasteiger partial charge < -0.3 is 9.47 Å². The van der Waals surface area contributed by atoms with Gasteiger partial charge in [0.25, 0.3) is 5.92 Å². The summed E-state index contributed by atoms with van der Waals surface area (Å²) in [5.41, 5.74) is 4.61.